The summed E-state index contributed by atoms with van der Waals surface area (Å²) in [7, 11) is 0. The number of hydrogen-bond donors (Lipinski definition) is 2. The van der Waals surface area contributed by atoms with Gasteiger partial charge >= 0.3 is 6.03 Å². The molecule has 0 atom stereocenters. The van der Waals surface area contributed by atoms with E-state index in [0.29, 0.717) is 28.4 Å². The first kappa shape index (κ1) is 21.6. The summed E-state index contributed by atoms with van der Waals surface area (Å²) >= 11 is 6.08. The quantitative estimate of drug-likeness (QED) is 0.436. The molecule has 0 aliphatic carbocycles. The predicted molar refractivity (Wildman–Crippen MR) is 124 cm³/mol. The number of aromatic amines is 1. The van der Waals surface area contributed by atoms with Crippen LogP contribution in [0.3, 0.4) is 0 Å². The van der Waals surface area contributed by atoms with Gasteiger partial charge in [-0.25, -0.2) is 9.48 Å². The maximum atomic E-state index is 13.2. The fourth-order valence-electron chi connectivity index (χ4n) is 3.73. The van der Waals surface area contributed by atoms with Crippen molar-refractivity contribution in [3.63, 3.8) is 0 Å². The van der Waals surface area contributed by atoms with Crippen molar-refractivity contribution in [2.75, 3.05) is 0 Å². The number of nitrogens with zero attached hydrogens (tertiary/aromatic N) is 2. The number of nitrogens with one attached hydrogen (secondary N) is 2. The molecule has 8 heteroatoms. The number of halogens is 1. The molecular formula is C24H23ClN4O3. The maximum Gasteiger partial charge on any atom is 0.329 e. The minimum Gasteiger partial charge on any atom is -0.303 e. The predicted octanol–water partition coefficient (Wildman–Crippen LogP) is 4.17. The molecule has 164 valence electrons. The third-order valence-electron chi connectivity index (χ3n) is 5.25. The van der Waals surface area contributed by atoms with Gasteiger partial charge in [-0.15, -0.1) is 0 Å². The lowest BCUT2D eigenvalue weighted by atomic mass is 10.1. The SMILES string of the molecule is CCCc1[nH]n(-c2cccc(Cl)c2)c(=O)c1C=C1NC(=O)N(Cc2cccc(C)c2)C1=O. The summed E-state index contributed by atoms with van der Waals surface area (Å²) in [6.07, 6.45) is 2.86. The van der Waals surface area contributed by atoms with Crippen molar-refractivity contribution in [1.29, 1.82) is 0 Å². The number of imide groups is 1. The first-order chi connectivity index (χ1) is 15.4. The molecular weight excluding hydrogens is 428 g/mol. The highest BCUT2D eigenvalue weighted by Crippen LogP contribution is 2.20. The second-order valence-corrected chi connectivity index (χ2v) is 8.18. The summed E-state index contributed by atoms with van der Waals surface area (Å²) < 4.78 is 1.40. The monoisotopic (exact) mass is 450 g/mol. The van der Waals surface area contributed by atoms with Gasteiger partial charge in [0.25, 0.3) is 11.5 Å². The summed E-state index contributed by atoms with van der Waals surface area (Å²) in [6, 6.07) is 14.0. The van der Waals surface area contributed by atoms with Crippen molar-refractivity contribution in [2.45, 2.75) is 33.2 Å². The van der Waals surface area contributed by atoms with Gasteiger partial charge in [0.2, 0.25) is 0 Å². The molecule has 1 saturated heterocycles. The van der Waals surface area contributed by atoms with Crippen molar-refractivity contribution in [1.82, 2.24) is 20.0 Å². The molecule has 4 rings (SSSR count). The van der Waals surface area contributed by atoms with Crippen LogP contribution in [-0.4, -0.2) is 26.6 Å². The maximum absolute atomic E-state index is 13.2. The summed E-state index contributed by atoms with van der Waals surface area (Å²) in [6.45, 7) is 4.11. The lowest BCUT2D eigenvalue weighted by molar-refractivity contribution is -0.123. The molecule has 1 fully saturated rings. The topological polar surface area (TPSA) is 87.2 Å². The Morgan fingerprint density at radius 3 is 2.56 bits per heavy atom. The van der Waals surface area contributed by atoms with Gasteiger partial charge in [0.15, 0.2) is 0 Å². The van der Waals surface area contributed by atoms with Gasteiger partial charge in [-0.3, -0.25) is 19.6 Å². The first-order valence-electron chi connectivity index (χ1n) is 10.4. The highest BCUT2D eigenvalue weighted by atomic mass is 35.5. The molecule has 0 radical (unpaired) electrons. The van der Waals surface area contributed by atoms with Crippen LogP contribution in [-0.2, 0) is 17.8 Å². The Hall–Kier alpha value is -3.58. The van der Waals surface area contributed by atoms with E-state index in [1.54, 1.807) is 24.3 Å². The van der Waals surface area contributed by atoms with Gasteiger partial charge in [0.05, 0.1) is 17.8 Å². The minimum atomic E-state index is -0.509. The van der Waals surface area contributed by atoms with E-state index in [1.807, 2.05) is 38.1 Å². The molecule has 32 heavy (non-hydrogen) atoms. The molecule has 1 aliphatic rings. The van der Waals surface area contributed by atoms with Crippen LogP contribution >= 0.6 is 11.6 Å². The van der Waals surface area contributed by atoms with E-state index in [2.05, 4.69) is 10.4 Å². The van der Waals surface area contributed by atoms with Crippen LogP contribution in [0.25, 0.3) is 11.8 Å². The summed E-state index contributed by atoms with van der Waals surface area (Å²) in [5, 5.41) is 6.23. The molecule has 2 heterocycles. The van der Waals surface area contributed by atoms with Gasteiger partial charge in [0.1, 0.15) is 5.70 Å². The number of amides is 3. The Morgan fingerprint density at radius 2 is 1.84 bits per heavy atom. The van der Waals surface area contributed by atoms with Crippen molar-refractivity contribution in [3.8, 4) is 5.69 Å². The van der Waals surface area contributed by atoms with E-state index < -0.39 is 11.9 Å². The minimum absolute atomic E-state index is 0.0781. The smallest absolute Gasteiger partial charge is 0.303 e. The van der Waals surface area contributed by atoms with Crippen molar-refractivity contribution < 1.29 is 9.59 Å². The second-order valence-electron chi connectivity index (χ2n) is 7.74. The number of aryl methyl sites for hydroxylation is 2. The fraction of sp³-hybridized carbons (Fsp3) is 0.208. The lowest BCUT2D eigenvalue weighted by Crippen LogP contribution is -2.30. The average Bonchev–Trinajstić information content (AvgIpc) is 3.20. The van der Waals surface area contributed by atoms with E-state index >= 15 is 0 Å². The molecule has 2 N–H and O–H groups in total. The molecule has 3 aromatic rings. The molecule has 0 bridgehead atoms. The van der Waals surface area contributed by atoms with Crippen LogP contribution in [0.15, 0.2) is 59.0 Å². The molecule has 0 saturated carbocycles. The number of H-pyrrole nitrogens is 1. The zero-order chi connectivity index (χ0) is 22.8. The Kier molecular flexibility index (Phi) is 6.01. The van der Waals surface area contributed by atoms with E-state index in [4.69, 9.17) is 11.6 Å². The summed E-state index contributed by atoms with van der Waals surface area (Å²) in [5.74, 6) is -0.464. The first-order valence-corrected chi connectivity index (χ1v) is 10.7. The highest BCUT2D eigenvalue weighted by molar-refractivity contribution is 6.30. The molecule has 2 aromatic carbocycles. The van der Waals surface area contributed by atoms with E-state index in [0.717, 1.165) is 22.4 Å². The number of urea groups is 1. The zero-order valence-electron chi connectivity index (χ0n) is 17.8. The van der Waals surface area contributed by atoms with Crippen LogP contribution < -0.4 is 10.9 Å². The van der Waals surface area contributed by atoms with Crippen LogP contribution in [0.1, 0.15) is 35.7 Å². The Bertz CT molecular complexity index is 1290. The van der Waals surface area contributed by atoms with Crippen LogP contribution in [0.5, 0.6) is 0 Å². The Balaban J connectivity index is 1.69. The molecule has 1 aromatic heterocycles. The fourth-order valence-corrected chi connectivity index (χ4v) is 3.92. The van der Waals surface area contributed by atoms with Gasteiger partial charge in [-0.1, -0.05) is 60.8 Å². The van der Waals surface area contributed by atoms with Crippen molar-refractivity contribution in [2.24, 2.45) is 0 Å². The zero-order valence-corrected chi connectivity index (χ0v) is 18.6. The van der Waals surface area contributed by atoms with Crippen molar-refractivity contribution >= 4 is 29.6 Å². The molecule has 3 amide bonds. The van der Waals surface area contributed by atoms with Crippen LogP contribution in [0.2, 0.25) is 5.02 Å². The van der Waals surface area contributed by atoms with Crippen LogP contribution in [0.4, 0.5) is 4.79 Å². The number of benzene rings is 2. The van der Waals surface area contributed by atoms with Gasteiger partial charge < -0.3 is 5.32 Å². The van der Waals surface area contributed by atoms with Gasteiger partial charge in [0, 0.05) is 10.7 Å². The molecule has 7 nitrogen and oxygen atoms in total. The number of aromatic nitrogens is 2. The normalized spacial score (nSPS) is 15.0. The number of carbonyl (C=O) groups is 2. The lowest BCUT2D eigenvalue weighted by Gasteiger charge is -2.12. The Morgan fingerprint density at radius 1 is 1.06 bits per heavy atom. The standard InChI is InChI=1S/C24H23ClN4O3/c1-3-6-20-19(22(30)29(27-20)18-10-5-9-17(25)12-18)13-21-23(31)28(24(32)26-21)14-16-8-4-7-15(2)11-16/h4-5,7-13,27H,3,6,14H2,1-2H3,(H,26,32). The third-order valence-corrected chi connectivity index (χ3v) is 5.48. The highest BCUT2D eigenvalue weighted by Gasteiger charge is 2.34. The van der Waals surface area contributed by atoms with E-state index in [-0.39, 0.29) is 17.8 Å². The Labute approximate surface area is 190 Å². The van der Waals surface area contributed by atoms with E-state index in [9.17, 15) is 14.4 Å². The van der Waals surface area contributed by atoms with Crippen LogP contribution in [0, 0.1) is 6.92 Å². The molecule has 1 aliphatic heterocycles. The van der Waals surface area contributed by atoms with Gasteiger partial charge in [-0.2, -0.15) is 0 Å². The largest absolute Gasteiger partial charge is 0.329 e. The third kappa shape index (κ3) is 4.24. The number of carbonyl (C=O) groups excluding carboxylic acids is 2. The van der Waals surface area contributed by atoms with E-state index in [1.165, 1.54) is 10.8 Å². The number of rotatable bonds is 6. The van der Waals surface area contributed by atoms with Crippen molar-refractivity contribution in [3.05, 3.63) is 92.0 Å². The molecule has 0 spiro atoms. The second kappa shape index (κ2) is 8.88. The molecule has 0 unspecified atom stereocenters. The average molecular weight is 451 g/mol. The van der Waals surface area contributed by atoms with Gasteiger partial charge in [-0.05, 0) is 43.2 Å². The summed E-state index contributed by atoms with van der Waals surface area (Å²) in [4.78, 5) is 39.7. The summed E-state index contributed by atoms with van der Waals surface area (Å²) in [5.41, 5.74) is 3.27. The number of hydrogen-bond acceptors (Lipinski definition) is 3.